The van der Waals surface area contributed by atoms with E-state index < -0.39 is 46.3 Å². The van der Waals surface area contributed by atoms with E-state index in [1.807, 2.05) is 0 Å². The molecule has 1 aromatic rings. The lowest BCUT2D eigenvalue weighted by atomic mass is 10.0. The van der Waals surface area contributed by atoms with Crippen molar-refractivity contribution in [3.05, 3.63) is 35.9 Å². The van der Waals surface area contributed by atoms with Crippen molar-refractivity contribution in [2.24, 2.45) is 5.92 Å². The zero-order chi connectivity index (χ0) is 20.0. The number of esters is 1. The highest BCUT2D eigenvalue weighted by molar-refractivity contribution is 7.91. The van der Waals surface area contributed by atoms with Crippen molar-refractivity contribution in [1.82, 2.24) is 10.6 Å². The minimum absolute atomic E-state index is 0.0404. The molecule has 1 saturated heterocycles. The Morgan fingerprint density at radius 3 is 2.41 bits per heavy atom. The fourth-order valence-electron chi connectivity index (χ4n) is 2.72. The third-order valence-electron chi connectivity index (χ3n) is 4.19. The van der Waals surface area contributed by atoms with Crippen molar-refractivity contribution in [3.63, 3.8) is 0 Å². The summed E-state index contributed by atoms with van der Waals surface area (Å²) in [5, 5.41) is 5.16. The summed E-state index contributed by atoms with van der Waals surface area (Å²) in [6, 6.07) is 7.09. The van der Waals surface area contributed by atoms with Crippen LogP contribution in [0.25, 0.3) is 0 Å². The first-order valence-corrected chi connectivity index (χ1v) is 10.5. The Balaban J connectivity index is 1.85. The number of carbonyl (C=O) groups is 3. The fraction of sp³-hybridized carbons (Fsp3) is 0.500. The molecule has 1 aliphatic rings. The average molecular weight is 396 g/mol. The van der Waals surface area contributed by atoms with Crippen molar-refractivity contribution >= 4 is 27.6 Å². The fourth-order valence-corrected chi connectivity index (χ4v) is 4.39. The van der Waals surface area contributed by atoms with Crippen LogP contribution in [0, 0.1) is 5.92 Å². The summed E-state index contributed by atoms with van der Waals surface area (Å²) in [6.07, 6.45) is 0.351. The van der Waals surface area contributed by atoms with E-state index in [-0.39, 0.29) is 17.4 Å². The second-order valence-electron chi connectivity index (χ2n) is 6.84. The number of sulfone groups is 1. The van der Waals surface area contributed by atoms with Crippen molar-refractivity contribution in [1.29, 1.82) is 0 Å². The normalized spacial score (nSPS) is 19.3. The number of rotatable bonds is 7. The second-order valence-corrected chi connectivity index (χ2v) is 9.07. The minimum Gasteiger partial charge on any atom is -0.454 e. The predicted molar refractivity (Wildman–Crippen MR) is 98.7 cm³/mol. The van der Waals surface area contributed by atoms with Crippen LogP contribution in [0.4, 0.5) is 0 Å². The lowest BCUT2D eigenvalue weighted by molar-refractivity contribution is -0.151. The van der Waals surface area contributed by atoms with Crippen LogP contribution < -0.4 is 10.6 Å². The van der Waals surface area contributed by atoms with E-state index >= 15 is 0 Å². The van der Waals surface area contributed by atoms with Crippen LogP contribution in [0.5, 0.6) is 0 Å². The van der Waals surface area contributed by atoms with Gasteiger partial charge < -0.3 is 15.4 Å². The third-order valence-corrected chi connectivity index (χ3v) is 5.95. The Morgan fingerprint density at radius 2 is 1.85 bits per heavy atom. The first kappa shape index (κ1) is 20.9. The molecule has 2 N–H and O–H groups in total. The molecule has 1 fully saturated rings. The number of hydrogen-bond donors (Lipinski definition) is 2. The molecule has 1 aromatic carbocycles. The van der Waals surface area contributed by atoms with Gasteiger partial charge >= 0.3 is 5.97 Å². The molecule has 9 heteroatoms. The Bertz CT molecular complexity index is 791. The molecule has 1 unspecified atom stereocenters. The summed E-state index contributed by atoms with van der Waals surface area (Å²) >= 11 is 0. The lowest BCUT2D eigenvalue weighted by Crippen LogP contribution is -2.46. The molecular formula is C18H24N2O6S. The van der Waals surface area contributed by atoms with Gasteiger partial charge in [-0.2, -0.15) is 0 Å². The van der Waals surface area contributed by atoms with Crippen molar-refractivity contribution < 1.29 is 27.5 Å². The molecule has 2 amide bonds. The molecule has 0 aliphatic carbocycles. The van der Waals surface area contributed by atoms with E-state index in [0.29, 0.717) is 12.0 Å². The lowest BCUT2D eigenvalue weighted by Gasteiger charge is -2.21. The van der Waals surface area contributed by atoms with E-state index in [9.17, 15) is 22.8 Å². The molecule has 2 rings (SSSR count). The number of benzene rings is 1. The van der Waals surface area contributed by atoms with Crippen molar-refractivity contribution in [2.75, 3.05) is 18.1 Å². The molecule has 1 aliphatic heterocycles. The Kier molecular flexibility index (Phi) is 6.95. The second kappa shape index (κ2) is 8.98. The van der Waals surface area contributed by atoms with Crippen LogP contribution in [0.2, 0.25) is 0 Å². The Hall–Kier alpha value is -2.42. The van der Waals surface area contributed by atoms with Gasteiger partial charge in [0.1, 0.15) is 6.04 Å². The maximum atomic E-state index is 12.3. The van der Waals surface area contributed by atoms with Gasteiger partial charge in [-0.3, -0.25) is 9.59 Å². The SMILES string of the molecule is CC(C)[C@H](NC(=O)c1ccccc1)C(=O)OCC(=O)NC1CCS(=O)(=O)C1. The standard InChI is InChI=1S/C18H24N2O6S/c1-12(2)16(20-17(22)13-6-4-3-5-7-13)18(23)26-10-15(21)19-14-8-9-27(24,25)11-14/h3-7,12,14,16H,8-11H2,1-2H3,(H,19,21)(H,20,22)/t14?,16-/m0/s1. The Morgan fingerprint density at radius 1 is 1.19 bits per heavy atom. The first-order chi connectivity index (χ1) is 12.7. The molecule has 2 atom stereocenters. The summed E-state index contributed by atoms with van der Waals surface area (Å²) < 4.78 is 27.8. The number of nitrogens with one attached hydrogen (secondary N) is 2. The zero-order valence-electron chi connectivity index (χ0n) is 15.3. The largest absolute Gasteiger partial charge is 0.454 e. The van der Waals surface area contributed by atoms with Gasteiger partial charge in [-0.1, -0.05) is 32.0 Å². The molecule has 0 radical (unpaired) electrons. The van der Waals surface area contributed by atoms with E-state index in [4.69, 9.17) is 4.74 Å². The summed E-state index contributed by atoms with van der Waals surface area (Å²) in [6.45, 7) is 2.97. The molecule has 0 spiro atoms. The summed E-state index contributed by atoms with van der Waals surface area (Å²) in [7, 11) is -3.11. The van der Waals surface area contributed by atoms with Crippen LogP contribution in [0.15, 0.2) is 30.3 Å². The highest BCUT2D eigenvalue weighted by Crippen LogP contribution is 2.11. The van der Waals surface area contributed by atoms with E-state index in [1.165, 1.54) is 0 Å². The predicted octanol–water partition coefficient (Wildman–Crippen LogP) is 0.288. The number of hydrogen-bond acceptors (Lipinski definition) is 6. The van der Waals surface area contributed by atoms with E-state index in [0.717, 1.165) is 0 Å². The summed E-state index contributed by atoms with van der Waals surface area (Å²) in [4.78, 5) is 36.4. The van der Waals surface area contributed by atoms with Gasteiger partial charge in [0, 0.05) is 11.6 Å². The van der Waals surface area contributed by atoms with Crippen LogP contribution in [0.3, 0.4) is 0 Å². The zero-order valence-corrected chi connectivity index (χ0v) is 16.1. The van der Waals surface area contributed by atoms with Gasteiger partial charge in [-0.15, -0.1) is 0 Å². The molecule has 0 saturated carbocycles. The minimum atomic E-state index is -3.11. The quantitative estimate of drug-likeness (QED) is 0.640. The molecular weight excluding hydrogens is 372 g/mol. The highest BCUT2D eigenvalue weighted by Gasteiger charge is 2.30. The highest BCUT2D eigenvalue weighted by atomic mass is 32.2. The monoisotopic (exact) mass is 396 g/mol. The van der Waals surface area contributed by atoms with E-state index in [2.05, 4.69) is 10.6 Å². The molecule has 8 nitrogen and oxygen atoms in total. The maximum Gasteiger partial charge on any atom is 0.329 e. The summed E-state index contributed by atoms with van der Waals surface area (Å²) in [5.41, 5.74) is 0.413. The molecule has 0 aromatic heterocycles. The molecule has 1 heterocycles. The van der Waals surface area contributed by atoms with Crippen LogP contribution in [-0.4, -0.2) is 56.4 Å². The molecule has 0 bridgehead atoms. The first-order valence-electron chi connectivity index (χ1n) is 8.70. The maximum absolute atomic E-state index is 12.3. The third kappa shape index (κ3) is 6.35. The van der Waals surface area contributed by atoms with Gasteiger partial charge in [0.05, 0.1) is 11.5 Å². The van der Waals surface area contributed by atoms with Crippen LogP contribution in [-0.2, 0) is 24.2 Å². The number of carbonyl (C=O) groups excluding carboxylic acids is 3. The van der Waals surface area contributed by atoms with Gasteiger partial charge in [0.2, 0.25) is 0 Å². The number of ether oxygens (including phenoxy) is 1. The van der Waals surface area contributed by atoms with Crippen LogP contribution >= 0.6 is 0 Å². The van der Waals surface area contributed by atoms with Gasteiger partial charge in [-0.25, -0.2) is 13.2 Å². The smallest absolute Gasteiger partial charge is 0.329 e. The van der Waals surface area contributed by atoms with E-state index in [1.54, 1.807) is 44.2 Å². The van der Waals surface area contributed by atoms with Crippen molar-refractivity contribution in [3.8, 4) is 0 Å². The Labute approximate surface area is 158 Å². The summed E-state index contributed by atoms with van der Waals surface area (Å²) in [5.74, 6) is -2.00. The van der Waals surface area contributed by atoms with Gasteiger partial charge in [0.15, 0.2) is 16.4 Å². The van der Waals surface area contributed by atoms with Gasteiger partial charge in [0.25, 0.3) is 11.8 Å². The van der Waals surface area contributed by atoms with Crippen LogP contribution in [0.1, 0.15) is 30.6 Å². The topological polar surface area (TPSA) is 119 Å². The van der Waals surface area contributed by atoms with Gasteiger partial charge in [-0.05, 0) is 24.5 Å². The number of amides is 2. The van der Waals surface area contributed by atoms with Crippen molar-refractivity contribution in [2.45, 2.75) is 32.4 Å². The molecule has 148 valence electrons. The molecule has 27 heavy (non-hydrogen) atoms. The average Bonchev–Trinajstić information content (AvgIpc) is 2.96.